The number of benzene rings is 2. The summed E-state index contributed by atoms with van der Waals surface area (Å²) in [6, 6.07) is 17.9. The summed E-state index contributed by atoms with van der Waals surface area (Å²) >= 11 is 0. The fourth-order valence-corrected chi connectivity index (χ4v) is 1.89. The molecule has 2 rings (SSSR count). The minimum absolute atomic E-state index is 0. The Kier molecular flexibility index (Phi) is 5.94. The van der Waals surface area contributed by atoms with Crippen molar-refractivity contribution in [2.75, 3.05) is 0 Å². The first-order chi connectivity index (χ1) is 7.84. The molecule has 17 heavy (non-hydrogen) atoms. The molecule has 5 heteroatoms. The van der Waals surface area contributed by atoms with Crippen molar-refractivity contribution < 1.29 is 13.6 Å². The molecule has 0 aromatic heterocycles. The SMILES string of the molecule is O=[PH](Oc1ccccc1)Oc1ccccc1.[Li]. The van der Waals surface area contributed by atoms with Gasteiger partial charge in [-0.3, -0.25) is 0 Å². The van der Waals surface area contributed by atoms with Crippen LogP contribution in [0.2, 0.25) is 0 Å². The monoisotopic (exact) mass is 241 g/mol. The molecule has 0 saturated heterocycles. The number of hydrogen-bond donors (Lipinski definition) is 0. The second-order valence-electron chi connectivity index (χ2n) is 3.08. The third-order valence-electron chi connectivity index (χ3n) is 1.89. The molecule has 83 valence electrons. The van der Waals surface area contributed by atoms with Crippen molar-refractivity contribution in [2.45, 2.75) is 0 Å². The van der Waals surface area contributed by atoms with Crippen molar-refractivity contribution in [2.24, 2.45) is 0 Å². The molecule has 2 aromatic rings. The molecule has 0 fully saturated rings. The molecule has 0 aliphatic heterocycles. The molecule has 0 amide bonds. The molecule has 3 nitrogen and oxygen atoms in total. The van der Waals surface area contributed by atoms with Crippen LogP contribution in [0.5, 0.6) is 11.5 Å². The molecule has 0 aliphatic rings. The summed E-state index contributed by atoms with van der Waals surface area (Å²) in [7, 11) is -2.54. The second-order valence-corrected chi connectivity index (χ2v) is 3.99. The smallest absolute Gasteiger partial charge is 0.418 e. The largest absolute Gasteiger partial charge is 0.418 e. The van der Waals surface area contributed by atoms with Crippen LogP contribution in [0.15, 0.2) is 60.7 Å². The van der Waals surface area contributed by atoms with E-state index in [0.29, 0.717) is 11.5 Å². The Bertz CT molecular complexity index is 418. The van der Waals surface area contributed by atoms with Crippen LogP contribution in [0.4, 0.5) is 0 Å². The summed E-state index contributed by atoms with van der Waals surface area (Å²) in [4.78, 5) is 0. The Morgan fingerprint density at radius 2 is 1.06 bits per heavy atom. The van der Waals surface area contributed by atoms with E-state index in [2.05, 4.69) is 0 Å². The number of rotatable bonds is 4. The summed E-state index contributed by atoms with van der Waals surface area (Å²) in [5, 5.41) is 0. The molecule has 0 unspecified atom stereocenters. The summed E-state index contributed by atoms with van der Waals surface area (Å²) < 4.78 is 21.8. The van der Waals surface area contributed by atoms with Gasteiger partial charge in [0.1, 0.15) is 11.5 Å². The van der Waals surface area contributed by atoms with Crippen LogP contribution in [0.1, 0.15) is 0 Å². The van der Waals surface area contributed by atoms with E-state index in [9.17, 15) is 4.57 Å². The quantitative estimate of drug-likeness (QED) is 0.609. The third kappa shape index (κ3) is 4.71. The van der Waals surface area contributed by atoms with Crippen molar-refractivity contribution in [3.8, 4) is 11.5 Å². The summed E-state index contributed by atoms with van der Waals surface area (Å²) in [5.74, 6) is 1.09. The van der Waals surface area contributed by atoms with Gasteiger partial charge in [-0.1, -0.05) is 36.4 Å². The van der Waals surface area contributed by atoms with Gasteiger partial charge < -0.3 is 9.05 Å². The van der Waals surface area contributed by atoms with Gasteiger partial charge in [0.25, 0.3) is 0 Å². The molecule has 0 heterocycles. The van der Waals surface area contributed by atoms with Gasteiger partial charge in [0.15, 0.2) is 0 Å². The van der Waals surface area contributed by atoms with Gasteiger partial charge >= 0.3 is 8.25 Å². The molecule has 1 radical (unpaired) electrons. The first kappa shape index (κ1) is 13.9. The zero-order valence-electron chi connectivity index (χ0n) is 9.50. The Balaban J connectivity index is 0.00000144. The van der Waals surface area contributed by atoms with E-state index >= 15 is 0 Å². The van der Waals surface area contributed by atoms with Crippen LogP contribution < -0.4 is 9.05 Å². The topological polar surface area (TPSA) is 35.5 Å². The average Bonchev–Trinajstić information content (AvgIpc) is 2.31. The molecule has 0 aliphatic carbocycles. The zero-order chi connectivity index (χ0) is 11.2. The minimum Gasteiger partial charge on any atom is -0.418 e. The molecule has 0 saturated carbocycles. The molecule has 2 aromatic carbocycles. The maximum absolute atomic E-state index is 11.5. The molecule has 0 spiro atoms. The van der Waals surface area contributed by atoms with Crippen LogP contribution in [0, 0.1) is 0 Å². The Morgan fingerprint density at radius 3 is 1.41 bits per heavy atom. The maximum Gasteiger partial charge on any atom is 0.418 e. The Labute approximate surface area is 113 Å². The van der Waals surface area contributed by atoms with Gasteiger partial charge in [0.05, 0.1) is 0 Å². The van der Waals surface area contributed by atoms with Crippen molar-refractivity contribution in [3.05, 3.63) is 60.7 Å². The van der Waals surface area contributed by atoms with Crippen LogP contribution in [0.25, 0.3) is 0 Å². The van der Waals surface area contributed by atoms with E-state index in [1.807, 2.05) is 36.4 Å². The van der Waals surface area contributed by atoms with Gasteiger partial charge in [-0.15, -0.1) is 0 Å². The van der Waals surface area contributed by atoms with Crippen LogP contribution in [-0.4, -0.2) is 18.9 Å². The first-order valence-corrected chi connectivity index (χ1v) is 6.07. The summed E-state index contributed by atoms with van der Waals surface area (Å²) in [6.07, 6.45) is 0. The van der Waals surface area contributed by atoms with E-state index in [0.717, 1.165) is 0 Å². The van der Waals surface area contributed by atoms with Gasteiger partial charge in [0.2, 0.25) is 0 Å². The normalized spacial score (nSPS) is 9.47. The predicted octanol–water partition coefficient (Wildman–Crippen LogP) is 3.15. The van der Waals surface area contributed by atoms with Gasteiger partial charge in [-0.2, -0.15) is 0 Å². The van der Waals surface area contributed by atoms with Crippen LogP contribution >= 0.6 is 8.25 Å². The van der Waals surface area contributed by atoms with Gasteiger partial charge in [0, 0.05) is 18.9 Å². The minimum atomic E-state index is -2.54. The number of para-hydroxylation sites is 2. The van der Waals surface area contributed by atoms with Crippen LogP contribution in [0.3, 0.4) is 0 Å². The Hall–Kier alpha value is -1.13. The molecular weight excluding hydrogens is 230 g/mol. The fraction of sp³-hybridized carbons (Fsp3) is 0. The van der Waals surface area contributed by atoms with Crippen molar-refractivity contribution >= 4 is 27.1 Å². The molecule has 0 atom stereocenters. The number of hydrogen-bond acceptors (Lipinski definition) is 3. The summed E-state index contributed by atoms with van der Waals surface area (Å²) in [6.45, 7) is 0. The molecular formula is C12H11LiO3P. The predicted molar refractivity (Wildman–Crippen MR) is 68.9 cm³/mol. The molecule has 0 N–H and O–H groups in total. The Morgan fingerprint density at radius 1 is 0.706 bits per heavy atom. The molecule has 0 bridgehead atoms. The maximum atomic E-state index is 11.5. The van der Waals surface area contributed by atoms with E-state index in [1.54, 1.807) is 24.3 Å². The zero-order valence-corrected chi connectivity index (χ0v) is 10.5. The van der Waals surface area contributed by atoms with Crippen molar-refractivity contribution in [1.29, 1.82) is 0 Å². The van der Waals surface area contributed by atoms with Crippen molar-refractivity contribution in [3.63, 3.8) is 0 Å². The fourth-order valence-electron chi connectivity index (χ4n) is 1.19. The van der Waals surface area contributed by atoms with E-state index in [1.165, 1.54) is 0 Å². The van der Waals surface area contributed by atoms with Gasteiger partial charge in [-0.05, 0) is 24.3 Å². The third-order valence-corrected chi connectivity index (χ3v) is 2.69. The van der Waals surface area contributed by atoms with E-state index in [-0.39, 0.29) is 18.9 Å². The average molecular weight is 241 g/mol. The van der Waals surface area contributed by atoms with Crippen LogP contribution in [-0.2, 0) is 4.57 Å². The summed E-state index contributed by atoms with van der Waals surface area (Å²) in [5.41, 5.74) is 0. The standard InChI is InChI=1S/C12H11O3P.Li/c13-16(14-11-7-3-1-4-8-11)15-12-9-5-2-6-10-12;/h1-10,16H;. The van der Waals surface area contributed by atoms with E-state index in [4.69, 9.17) is 9.05 Å². The second kappa shape index (κ2) is 7.24. The van der Waals surface area contributed by atoms with Crippen molar-refractivity contribution in [1.82, 2.24) is 0 Å². The van der Waals surface area contributed by atoms with Gasteiger partial charge in [-0.25, -0.2) is 4.57 Å². The van der Waals surface area contributed by atoms with E-state index < -0.39 is 8.25 Å². The first-order valence-electron chi connectivity index (χ1n) is 4.84.